The Morgan fingerprint density at radius 3 is 2.94 bits per heavy atom. The molecule has 6 heteroatoms. The molecule has 88 valence electrons. The molecule has 1 aliphatic rings. The molecule has 4 nitrogen and oxygen atoms in total. The van der Waals surface area contributed by atoms with E-state index in [4.69, 9.17) is 10.5 Å². The van der Waals surface area contributed by atoms with Crippen molar-refractivity contribution >= 4 is 0 Å². The Balaban J connectivity index is 2.26. The lowest BCUT2D eigenvalue weighted by molar-refractivity contribution is -0.0501. The third kappa shape index (κ3) is 2.07. The highest BCUT2D eigenvalue weighted by Crippen LogP contribution is 2.34. The van der Waals surface area contributed by atoms with Crippen molar-refractivity contribution in [2.24, 2.45) is 5.73 Å². The fourth-order valence-electron chi connectivity index (χ4n) is 1.58. The maximum Gasteiger partial charge on any atom is 0.387 e. The predicted molar refractivity (Wildman–Crippen MR) is 51.5 cm³/mol. The molecule has 0 fully saturated rings. The lowest BCUT2D eigenvalue weighted by Crippen LogP contribution is -2.35. The third-order valence-electron chi connectivity index (χ3n) is 2.39. The van der Waals surface area contributed by atoms with Gasteiger partial charge in [0, 0.05) is 11.6 Å². The number of halogens is 2. The normalized spacial score (nSPS) is 23.8. The van der Waals surface area contributed by atoms with E-state index in [1.165, 1.54) is 18.2 Å². The number of aliphatic hydroxyl groups is 1. The monoisotopic (exact) mass is 231 g/mol. The second-order valence-electron chi connectivity index (χ2n) is 3.48. The summed E-state index contributed by atoms with van der Waals surface area (Å²) in [7, 11) is 0. The minimum Gasteiger partial charge on any atom is -0.490 e. The number of ether oxygens (including phenoxy) is 2. The smallest absolute Gasteiger partial charge is 0.387 e. The zero-order valence-electron chi connectivity index (χ0n) is 8.27. The van der Waals surface area contributed by atoms with Crippen molar-refractivity contribution in [1.29, 1.82) is 0 Å². The summed E-state index contributed by atoms with van der Waals surface area (Å²) in [5, 5.41) is 9.44. The summed E-state index contributed by atoms with van der Waals surface area (Å²) >= 11 is 0. The topological polar surface area (TPSA) is 64.7 Å². The molecule has 3 N–H and O–H groups in total. The summed E-state index contributed by atoms with van der Waals surface area (Å²) in [6.07, 6.45) is -0.783. The number of hydrogen-bond acceptors (Lipinski definition) is 4. The van der Waals surface area contributed by atoms with E-state index in [0.29, 0.717) is 11.3 Å². The first kappa shape index (κ1) is 11.1. The first-order valence-electron chi connectivity index (χ1n) is 4.73. The van der Waals surface area contributed by atoms with Crippen molar-refractivity contribution in [2.45, 2.75) is 18.8 Å². The van der Waals surface area contributed by atoms with Gasteiger partial charge < -0.3 is 20.3 Å². The van der Waals surface area contributed by atoms with Gasteiger partial charge in [0.2, 0.25) is 0 Å². The third-order valence-corrected chi connectivity index (χ3v) is 2.39. The Bertz CT molecular complexity index is 386. The summed E-state index contributed by atoms with van der Waals surface area (Å²) in [5.41, 5.74) is 6.31. The molecule has 0 aliphatic carbocycles. The van der Waals surface area contributed by atoms with Crippen LogP contribution in [0, 0.1) is 0 Å². The van der Waals surface area contributed by atoms with Gasteiger partial charge >= 0.3 is 6.61 Å². The highest BCUT2D eigenvalue weighted by Gasteiger charge is 2.26. The molecule has 16 heavy (non-hydrogen) atoms. The molecule has 1 aliphatic heterocycles. The lowest BCUT2D eigenvalue weighted by atomic mass is 9.99. The fraction of sp³-hybridized carbons (Fsp3) is 0.400. The quantitative estimate of drug-likeness (QED) is 0.798. The van der Waals surface area contributed by atoms with Crippen LogP contribution in [0.25, 0.3) is 0 Å². The van der Waals surface area contributed by atoms with Gasteiger partial charge in [0.1, 0.15) is 24.2 Å². The van der Waals surface area contributed by atoms with Crippen molar-refractivity contribution < 1.29 is 23.4 Å². The van der Waals surface area contributed by atoms with Crippen LogP contribution in [-0.2, 0) is 0 Å². The largest absolute Gasteiger partial charge is 0.490 e. The van der Waals surface area contributed by atoms with Gasteiger partial charge in [-0.1, -0.05) is 0 Å². The zero-order chi connectivity index (χ0) is 11.7. The van der Waals surface area contributed by atoms with Crippen LogP contribution in [0.4, 0.5) is 8.78 Å². The van der Waals surface area contributed by atoms with E-state index in [0.717, 1.165) is 0 Å². The lowest BCUT2D eigenvalue weighted by Gasteiger charge is -2.27. The Morgan fingerprint density at radius 1 is 1.50 bits per heavy atom. The van der Waals surface area contributed by atoms with Gasteiger partial charge in [-0.25, -0.2) is 0 Å². The van der Waals surface area contributed by atoms with Gasteiger partial charge in [0.25, 0.3) is 0 Å². The highest BCUT2D eigenvalue weighted by atomic mass is 19.3. The van der Waals surface area contributed by atoms with Crippen LogP contribution in [0.15, 0.2) is 18.2 Å². The zero-order valence-corrected chi connectivity index (χ0v) is 8.27. The van der Waals surface area contributed by atoms with Gasteiger partial charge in [0.05, 0.1) is 6.04 Å². The summed E-state index contributed by atoms with van der Waals surface area (Å²) in [5.74, 6) is 0.383. The second-order valence-corrected chi connectivity index (χ2v) is 3.48. The SMILES string of the molecule is N[C@@H]1c2ccc(OC(F)F)cc2OC[C@@H]1O. The maximum atomic E-state index is 12.0. The molecular weight excluding hydrogens is 220 g/mol. The fourth-order valence-corrected chi connectivity index (χ4v) is 1.58. The van der Waals surface area contributed by atoms with E-state index < -0.39 is 18.8 Å². The standard InChI is InChI=1S/C10H11F2NO3/c11-10(12)16-5-1-2-6-8(3-5)15-4-7(14)9(6)13/h1-3,7,9-10,14H,4,13H2/t7-,9+/m0/s1. The number of rotatable bonds is 2. The van der Waals surface area contributed by atoms with Crippen molar-refractivity contribution in [3.63, 3.8) is 0 Å². The molecule has 1 aromatic carbocycles. The van der Waals surface area contributed by atoms with Crippen molar-refractivity contribution in [1.82, 2.24) is 0 Å². The maximum absolute atomic E-state index is 12.0. The Morgan fingerprint density at radius 2 is 2.25 bits per heavy atom. The Kier molecular flexibility index (Phi) is 2.93. The molecular formula is C10H11F2NO3. The van der Waals surface area contributed by atoms with Gasteiger partial charge in [-0.05, 0) is 12.1 Å². The Labute approximate surface area is 90.6 Å². The molecule has 0 unspecified atom stereocenters. The van der Waals surface area contributed by atoms with Crippen LogP contribution in [0.1, 0.15) is 11.6 Å². The molecule has 0 bridgehead atoms. The number of benzene rings is 1. The number of hydrogen-bond donors (Lipinski definition) is 2. The van der Waals surface area contributed by atoms with E-state index in [-0.39, 0.29) is 12.4 Å². The van der Waals surface area contributed by atoms with Crippen LogP contribution in [0.2, 0.25) is 0 Å². The van der Waals surface area contributed by atoms with Gasteiger partial charge in [0.15, 0.2) is 0 Å². The Hall–Kier alpha value is -1.40. The molecule has 0 aromatic heterocycles. The summed E-state index contributed by atoms with van der Waals surface area (Å²) < 4.78 is 33.3. The number of alkyl halides is 2. The number of aliphatic hydroxyl groups excluding tert-OH is 1. The molecule has 1 heterocycles. The van der Waals surface area contributed by atoms with E-state index in [1.54, 1.807) is 0 Å². The summed E-state index contributed by atoms with van der Waals surface area (Å²) in [6, 6.07) is 3.66. The minimum absolute atomic E-state index is 0.0114. The second kappa shape index (κ2) is 4.23. The summed E-state index contributed by atoms with van der Waals surface area (Å²) in [4.78, 5) is 0. The first-order valence-corrected chi connectivity index (χ1v) is 4.73. The van der Waals surface area contributed by atoms with E-state index in [9.17, 15) is 13.9 Å². The van der Waals surface area contributed by atoms with Crippen LogP contribution < -0.4 is 15.2 Å². The molecule has 0 radical (unpaired) electrons. The van der Waals surface area contributed by atoms with Crippen LogP contribution >= 0.6 is 0 Å². The first-order chi connectivity index (χ1) is 7.58. The molecule has 1 aromatic rings. The molecule has 0 amide bonds. The highest BCUT2D eigenvalue weighted by molar-refractivity contribution is 5.44. The van der Waals surface area contributed by atoms with Crippen molar-refractivity contribution in [3.8, 4) is 11.5 Å². The van der Waals surface area contributed by atoms with Crippen LogP contribution in [0.3, 0.4) is 0 Å². The average Bonchev–Trinajstić information content (AvgIpc) is 2.23. The minimum atomic E-state index is -2.87. The number of nitrogens with two attached hydrogens (primary N) is 1. The van der Waals surface area contributed by atoms with Gasteiger partial charge in [-0.3, -0.25) is 0 Å². The van der Waals surface area contributed by atoms with Crippen molar-refractivity contribution in [2.75, 3.05) is 6.61 Å². The van der Waals surface area contributed by atoms with E-state index in [2.05, 4.69) is 4.74 Å². The van der Waals surface area contributed by atoms with Crippen LogP contribution in [-0.4, -0.2) is 24.4 Å². The molecule has 0 saturated carbocycles. The van der Waals surface area contributed by atoms with Gasteiger partial charge in [-0.15, -0.1) is 0 Å². The average molecular weight is 231 g/mol. The number of fused-ring (bicyclic) bond motifs is 1. The van der Waals surface area contributed by atoms with E-state index >= 15 is 0 Å². The summed E-state index contributed by atoms with van der Waals surface area (Å²) in [6.45, 7) is -2.83. The van der Waals surface area contributed by atoms with Gasteiger partial charge in [-0.2, -0.15) is 8.78 Å². The van der Waals surface area contributed by atoms with Crippen LogP contribution in [0.5, 0.6) is 11.5 Å². The molecule has 2 rings (SSSR count). The van der Waals surface area contributed by atoms with Crippen molar-refractivity contribution in [3.05, 3.63) is 23.8 Å². The predicted octanol–water partition coefficient (Wildman–Crippen LogP) is 1.04. The van der Waals surface area contributed by atoms with E-state index in [1.807, 2.05) is 0 Å². The molecule has 2 atom stereocenters. The molecule has 0 spiro atoms. The molecule has 0 saturated heterocycles.